The molecule has 0 saturated carbocycles. The number of hydrogen-bond donors (Lipinski definition) is 1. The smallest absolute Gasteiger partial charge is 0.0443 e. The molecule has 2 aromatic rings. The molecule has 3 nitrogen and oxygen atoms in total. The van der Waals surface area contributed by atoms with Crippen LogP contribution in [0.25, 0.3) is 0 Å². The SMILES string of the molecule is CCNCc1cnccc1N(C)Cc1ccccc1Br. The number of nitrogens with one attached hydrogen (secondary N) is 1. The van der Waals surface area contributed by atoms with Crippen molar-refractivity contribution in [3.63, 3.8) is 0 Å². The van der Waals surface area contributed by atoms with E-state index < -0.39 is 0 Å². The van der Waals surface area contributed by atoms with E-state index in [4.69, 9.17) is 0 Å². The first-order valence-electron chi connectivity index (χ1n) is 6.80. The largest absolute Gasteiger partial charge is 0.370 e. The highest BCUT2D eigenvalue weighted by atomic mass is 79.9. The molecule has 0 saturated heterocycles. The van der Waals surface area contributed by atoms with Gasteiger partial charge in [-0.25, -0.2) is 0 Å². The number of rotatable bonds is 6. The van der Waals surface area contributed by atoms with Crippen molar-refractivity contribution < 1.29 is 0 Å². The lowest BCUT2D eigenvalue weighted by Crippen LogP contribution is -2.21. The third-order valence-corrected chi connectivity index (χ3v) is 3.99. The highest BCUT2D eigenvalue weighted by Crippen LogP contribution is 2.23. The van der Waals surface area contributed by atoms with Crippen molar-refractivity contribution in [1.82, 2.24) is 10.3 Å². The Morgan fingerprint density at radius 2 is 2.00 bits per heavy atom. The third kappa shape index (κ3) is 3.81. The lowest BCUT2D eigenvalue weighted by molar-refractivity contribution is 0.720. The van der Waals surface area contributed by atoms with Crippen LogP contribution in [0.15, 0.2) is 47.2 Å². The Hall–Kier alpha value is -1.39. The first-order valence-corrected chi connectivity index (χ1v) is 7.59. The van der Waals surface area contributed by atoms with Crippen LogP contribution < -0.4 is 10.2 Å². The molecule has 1 heterocycles. The topological polar surface area (TPSA) is 28.2 Å². The van der Waals surface area contributed by atoms with Crippen molar-refractivity contribution in [2.75, 3.05) is 18.5 Å². The predicted molar refractivity (Wildman–Crippen MR) is 87.9 cm³/mol. The molecule has 0 bridgehead atoms. The number of nitrogens with zero attached hydrogens (tertiary/aromatic N) is 2. The second-order valence-electron chi connectivity index (χ2n) is 4.73. The molecule has 1 aromatic heterocycles. The number of halogens is 1. The van der Waals surface area contributed by atoms with Gasteiger partial charge in [-0.05, 0) is 24.2 Å². The molecule has 1 aromatic carbocycles. The van der Waals surface area contributed by atoms with E-state index in [1.807, 2.05) is 18.5 Å². The first kappa shape index (κ1) is 15.0. The average molecular weight is 334 g/mol. The maximum Gasteiger partial charge on any atom is 0.0443 e. The number of hydrogen-bond acceptors (Lipinski definition) is 3. The van der Waals surface area contributed by atoms with E-state index in [2.05, 4.69) is 69.4 Å². The maximum absolute atomic E-state index is 4.23. The second-order valence-corrected chi connectivity index (χ2v) is 5.59. The number of anilines is 1. The molecule has 0 fully saturated rings. The molecule has 1 N–H and O–H groups in total. The van der Waals surface area contributed by atoms with Crippen LogP contribution in [0.4, 0.5) is 5.69 Å². The highest BCUT2D eigenvalue weighted by Gasteiger charge is 2.09. The van der Waals surface area contributed by atoms with E-state index >= 15 is 0 Å². The number of aromatic nitrogens is 1. The standard InChI is InChI=1S/C16H20BrN3/c1-3-18-10-14-11-19-9-8-16(14)20(2)12-13-6-4-5-7-15(13)17/h4-9,11,18H,3,10,12H2,1-2H3. The van der Waals surface area contributed by atoms with Crippen LogP contribution in [0, 0.1) is 0 Å². The van der Waals surface area contributed by atoms with Gasteiger partial charge in [-0.3, -0.25) is 4.98 Å². The average Bonchev–Trinajstić information content (AvgIpc) is 2.47. The fourth-order valence-electron chi connectivity index (χ4n) is 2.16. The van der Waals surface area contributed by atoms with Gasteiger partial charge in [0.25, 0.3) is 0 Å². The van der Waals surface area contributed by atoms with Gasteiger partial charge in [0.2, 0.25) is 0 Å². The quantitative estimate of drug-likeness (QED) is 0.875. The Bertz CT molecular complexity index is 557. The molecule has 20 heavy (non-hydrogen) atoms. The lowest BCUT2D eigenvalue weighted by atomic mass is 10.1. The minimum atomic E-state index is 0.847. The molecule has 0 unspecified atom stereocenters. The van der Waals surface area contributed by atoms with Crippen molar-refractivity contribution >= 4 is 21.6 Å². The summed E-state index contributed by atoms with van der Waals surface area (Å²) in [6.07, 6.45) is 3.79. The second kappa shape index (κ2) is 7.41. The van der Waals surface area contributed by atoms with Crippen molar-refractivity contribution in [2.24, 2.45) is 0 Å². The summed E-state index contributed by atoms with van der Waals surface area (Å²) in [4.78, 5) is 6.49. The van der Waals surface area contributed by atoms with Gasteiger partial charge in [0, 0.05) is 48.3 Å². The molecule has 0 aliphatic carbocycles. The minimum absolute atomic E-state index is 0.847. The monoisotopic (exact) mass is 333 g/mol. The Balaban J connectivity index is 2.16. The van der Waals surface area contributed by atoms with Gasteiger partial charge in [-0.2, -0.15) is 0 Å². The highest BCUT2D eigenvalue weighted by molar-refractivity contribution is 9.10. The fraction of sp³-hybridized carbons (Fsp3) is 0.312. The fourth-order valence-corrected chi connectivity index (χ4v) is 2.57. The van der Waals surface area contributed by atoms with Gasteiger partial charge in [0.05, 0.1) is 0 Å². The van der Waals surface area contributed by atoms with Gasteiger partial charge in [-0.1, -0.05) is 41.1 Å². The van der Waals surface area contributed by atoms with Gasteiger partial charge < -0.3 is 10.2 Å². The predicted octanol–water partition coefficient (Wildman–Crippen LogP) is 3.59. The summed E-state index contributed by atoms with van der Waals surface area (Å²) < 4.78 is 1.15. The molecule has 106 valence electrons. The van der Waals surface area contributed by atoms with Crippen LogP contribution in [0.2, 0.25) is 0 Å². The molecule has 0 amide bonds. The molecule has 2 rings (SSSR count). The molecular weight excluding hydrogens is 314 g/mol. The van der Waals surface area contributed by atoms with Crippen molar-refractivity contribution in [3.05, 3.63) is 58.3 Å². The maximum atomic E-state index is 4.23. The van der Waals surface area contributed by atoms with Gasteiger partial charge in [0.15, 0.2) is 0 Å². The summed E-state index contributed by atoms with van der Waals surface area (Å²) in [6.45, 7) is 4.79. The molecule has 0 radical (unpaired) electrons. The molecule has 4 heteroatoms. The van der Waals surface area contributed by atoms with Crippen LogP contribution in [-0.4, -0.2) is 18.6 Å². The zero-order valence-corrected chi connectivity index (χ0v) is 13.5. The number of benzene rings is 1. The van der Waals surface area contributed by atoms with E-state index in [1.165, 1.54) is 16.8 Å². The summed E-state index contributed by atoms with van der Waals surface area (Å²) in [5.74, 6) is 0. The summed E-state index contributed by atoms with van der Waals surface area (Å²) in [5, 5.41) is 3.36. The third-order valence-electron chi connectivity index (χ3n) is 3.22. The first-order chi connectivity index (χ1) is 9.72. The molecule has 0 spiro atoms. The Kier molecular flexibility index (Phi) is 5.56. The van der Waals surface area contributed by atoms with Crippen LogP contribution in [0.3, 0.4) is 0 Å². The summed E-state index contributed by atoms with van der Waals surface area (Å²) in [6, 6.07) is 10.4. The van der Waals surface area contributed by atoms with Gasteiger partial charge in [0.1, 0.15) is 0 Å². The molecule has 0 aliphatic rings. The van der Waals surface area contributed by atoms with E-state index in [1.54, 1.807) is 0 Å². The van der Waals surface area contributed by atoms with E-state index in [9.17, 15) is 0 Å². The van der Waals surface area contributed by atoms with Crippen molar-refractivity contribution in [3.8, 4) is 0 Å². The van der Waals surface area contributed by atoms with E-state index in [0.717, 1.165) is 24.1 Å². The van der Waals surface area contributed by atoms with Crippen LogP contribution in [0.5, 0.6) is 0 Å². The Morgan fingerprint density at radius 3 is 2.75 bits per heavy atom. The Morgan fingerprint density at radius 1 is 1.20 bits per heavy atom. The van der Waals surface area contributed by atoms with E-state index in [0.29, 0.717) is 0 Å². The van der Waals surface area contributed by atoms with Gasteiger partial charge in [-0.15, -0.1) is 0 Å². The summed E-state index contributed by atoms with van der Waals surface area (Å²) >= 11 is 3.61. The van der Waals surface area contributed by atoms with Crippen molar-refractivity contribution in [1.29, 1.82) is 0 Å². The van der Waals surface area contributed by atoms with Crippen LogP contribution in [0.1, 0.15) is 18.1 Å². The lowest BCUT2D eigenvalue weighted by Gasteiger charge is -2.23. The summed E-state index contributed by atoms with van der Waals surface area (Å²) in [5.41, 5.74) is 3.72. The normalized spacial score (nSPS) is 10.6. The Labute approximate surface area is 129 Å². The van der Waals surface area contributed by atoms with Gasteiger partial charge >= 0.3 is 0 Å². The van der Waals surface area contributed by atoms with Crippen molar-refractivity contribution in [2.45, 2.75) is 20.0 Å². The molecule has 0 aliphatic heterocycles. The van der Waals surface area contributed by atoms with E-state index in [-0.39, 0.29) is 0 Å². The zero-order chi connectivity index (χ0) is 14.4. The van der Waals surface area contributed by atoms with Crippen LogP contribution >= 0.6 is 15.9 Å². The molecule has 0 atom stereocenters. The molecular formula is C16H20BrN3. The number of pyridine rings is 1. The minimum Gasteiger partial charge on any atom is -0.370 e. The van der Waals surface area contributed by atoms with Crippen LogP contribution in [-0.2, 0) is 13.1 Å². The summed E-state index contributed by atoms with van der Waals surface area (Å²) in [7, 11) is 2.12. The zero-order valence-electron chi connectivity index (χ0n) is 11.9.